The fourth-order valence-electron chi connectivity index (χ4n) is 5.39. The zero-order chi connectivity index (χ0) is 26.0. The molecule has 2 N–H and O–H groups in total. The molecule has 2 atom stereocenters. The van der Waals surface area contributed by atoms with Crippen molar-refractivity contribution in [1.29, 1.82) is 0 Å². The van der Waals surface area contributed by atoms with Crippen molar-refractivity contribution in [2.24, 2.45) is 11.1 Å². The lowest BCUT2D eigenvalue weighted by Gasteiger charge is -2.56. The Labute approximate surface area is 215 Å². The number of nitrogens with zero attached hydrogens (tertiary/aromatic N) is 2. The SMILES string of the molecule is C[C@H]1Cc2cc(F)c(S(N)(=O)=O)cc2N1C(=O)[C@@H]1CN(c2ccc(-c3ccccc3Cl)cc2)C1(C)C. The molecule has 1 saturated heterocycles. The molecule has 5 rings (SSSR count). The van der Waals surface area contributed by atoms with Crippen LogP contribution in [0, 0.1) is 11.7 Å². The van der Waals surface area contributed by atoms with Gasteiger partial charge in [-0.05, 0) is 68.7 Å². The van der Waals surface area contributed by atoms with Crippen LogP contribution in [0.15, 0.2) is 65.6 Å². The average molecular weight is 528 g/mol. The highest BCUT2D eigenvalue weighted by molar-refractivity contribution is 7.89. The maximum absolute atomic E-state index is 14.4. The number of hydrogen-bond acceptors (Lipinski definition) is 4. The quantitative estimate of drug-likeness (QED) is 0.518. The molecule has 9 heteroatoms. The van der Waals surface area contributed by atoms with E-state index in [1.807, 2.05) is 69.3 Å². The van der Waals surface area contributed by atoms with Gasteiger partial charge in [0.15, 0.2) is 0 Å². The molecule has 0 aromatic heterocycles. The molecule has 0 spiro atoms. The number of anilines is 2. The Bertz CT molecular complexity index is 1470. The second kappa shape index (κ2) is 8.57. The van der Waals surface area contributed by atoms with Crippen LogP contribution in [0.25, 0.3) is 11.1 Å². The molecule has 0 bridgehead atoms. The van der Waals surface area contributed by atoms with Crippen LogP contribution in [0.5, 0.6) is 0 Å². The predicted molar refractivity (Wildman–Crippen MR) is 140 cm³/mol. The number of sulfonamides is 1. The summed E-state index contributed by atoms with van der Waals surface area (Å²) in [6.45, 7) is 6.43. The molecule has 188 valence electrons. The number of carbonyl (C=O) groups is 1. The Morgan fingerprint density at radius 2 is 1.78 bits per heavy atom. The number of hydrogen-bond donors (Lipinski definition) is 1. The molecule has 3 aromatic rings. The molecule has 0 saturated carbocycles. The largest absolute Gasteiger partial charge is 0.365 e. The molecule has 1 fully saturated rings. The Morgan fingerprint density at radius 3 is 2.39 bits per heavy atom. The summed E-state index contributed by atoms with van der Waals surface area (Å²) in [5, 5.41) is 5.89. The molecule has 6 nitrogen and oxygen atoms in total. The minimum absolute atomic E-state index is 0.109. The van der Waals surface area contributed by atoms with Crippen molar-refractivity contribution in [2.75, 3.05) is 16.3 Å². The van der Waals surface area contributed by atoms with Gasteiger partial charge in [0.2, 0.25) is 15.9 Å². The summed E-state index contributed by atoms with van der Waals surface area (Å²) < 4.78 is 38.1. The van der Waals surface area contributed by atoms with Crippen molar-refractivity contribution in [3.05, 3.63) is 77.1 Å². The fraction of sp³-hybridized carbons (Fsp3) is 0.296. The Balaban J connectivity index is 1.39. The molecular formula is C27H27ClFN3O3S. The smallest absolute Gasteiger partial charge is 0.241 e. The number of amides is 1. The maximum Gasteiger partial charge on any atom is 0.241 e. The number of rotatable bonds is 4. The average Bonchev–Trinajstić information content (AvgIpc) is 3.12. The topological polar surface area (TPSA) is 83.7 Å². The lowest BCUT2D eigenvalue weighted by atomic mass is 9.75. The second-order valence-electron chi connectivity index (χ2n) is 10.1. The number of benzene rings is 3. The van der Waals surface area contributed by atoms with Crippen molar-refractivity contribution in [2.45, 2.75) is 43.7 Å². The van der Waals surface area contributed by atoms with E-state index < -0.39 is 26.3 Å². The molecule has 36 heavy (non-hydrogen) atoms. The molecule has 0 radical (unpaired) electrons. The maximum atomic E-state index is 14.4. The highest BCUT2D eigenvalue weighted by Gasteiger charge is 2.53. The van der Waals surface area contributed by atoms with Crippen molar-refractivity contribution in [3.8, 4) is 11.1 Å². The monoisotopic (exact) mass is 527 g/mol. The van der Waals surface area contributed by atoms with E-state index in [2.05, 4.69) is 4.90 Å². The fourth-order valence-corrected chi connectivity index (χ4v) is 6.24. The van der Waals surface area contributed by atoms with Crippen LogP contribution in [0.1, 0.15) is 26.3 Å². The third-order valence-electron chi connectivity index (χ3n) is 7.47. The van der Waals surface area contributed by atoms with E-state index in [9.17, 15) is 17.6 Å². The van der Waals surface area contributed by atoms with E-state index in [1.54, 1.807) is 4.90 Å². The van der Waals surface area contributed by atoms with E-state index in [4.69, 9.17) is 16.7 Å². The Hall–Kier alpha value is -2.94. The number of halogens is 2. The van der Waals surface area contributed by atoms with Crippen molar-refractivity contribution in [1.82, 2.24) is 0 Å². The van der Waals surface area contributed by atoms with Crippen LogP contribution in [0.3, 0.4) is 0 Å². The first-order valence-electron chi connectivity index (χ1n) is 11.7. The summed E-state index contributed by atoms with van der Waals surface area (Å²) >= 11 is 6.34. The van der Waals surface area contributed by atoms with Gasteiger partial charge in [0.25, 0.3) is 0 Å². The Kier molecular flexibility index (Phi) is 5.89. The van der Waals surface area contributed by atoms with Crippen LogP contribution in [0.2, 0.25) is 5.02 Å². The minimum atomic E-state index is -4.26. The third-order valence-corrected chi connectivity index (χ3v) is 8.72. The molecule has 2 heterocycles. The van der Waals surface area contributed by atoms with Gasteiger partial charge in [-0.25, -0.2) is 17.9 Å². The second-order valence-corrected chi connectivity index (χ2v) is 12.0. The molecular weight excluding hydrogens is 501 g/mol. The molecule has 2 aliphatic heterocycles. The van der Waals surface area contributed by atoms with E-state index in [0.29, 0.717) is 29.2 Å². The van der Waals surface area contributed by atoms with Gasteiger partial charge in [0, 0.05) is 40.1 Å². The van der Waals surface area contributed by atoms with Crippen LogP contribution >= 0.6 is 11.6 Å². The van der Waals surface area contributed by atoms with Crippen molar-refractivity contribution in [3.63, 3.8) is 0 Å². The van der Waals surface area contributed by atoms with Gasteiger partial charge < -0.3 is 9.80 Å². The van der Waals surface area contributed by atoms with Gasteiger partial charge in [0.1, 0.15) is 10.7 Å². The zero-order valence-corrected chi connectivity index (χ0v) is 21.8. The van der Waals surface area contributed by atoms with E-state index in [-0.39, 0.29) is 17.9 Å². The highest BCUT2D eigenvalue weighted by atomic mass is 35.5. The van der Waals surface area contributed by atoms with Gasteiger partial charge in [-0.2, -0.15) is 0 Å². The highest BCUT2D eigenvalue weighted by Crippen LogP contribution is 2.44. The van der Waals surface area contributed by atoms with Crippen LogP contribution < -0.4 is 14.9 Å². The van der Waals surface area contributed by atoms with Gasteiger partial charge >= 0.3 is 0 Å². The summed E-state index contributed by atoms with van der Waals surface area (Å²) in [6, 6.07) is 17.9. The first kappa shape index (κ1) is 24.7. The number of primary sulfonamides is 1. The number of fused-ring (bicyclic) bond motifs is 1. The van der Waals surface area contributed by atoms with Crippen LogP contribution in [-0.2, 0) is 21.2 Å². The van der Waals surface area contributed by atoms with Gasteiger partial charge in [-0.1, -0.05) is 41.9 Å². The summed E-state index contributed by atoms with van der Waals surface area (Å²) in [5.74, 6) is -1.33. The van der Waals surface area contributed by atoms with Gasteiger partial charge in [0.05, 0.1) is 5.92 Å². The molecule has 0 unspecified atom stereocenters. The normalized spacial score (nSPS) is 20.7. The lowest BCUT2D eigenvalue weighted by molar-refractivity contribution is -0.126. The van der Waals surface area contributed by atoms with Gasteiger partial charge in [-0.3, -0.25) is 4.79 Å². The molecule has 0 aliphatic carbocycles. The predicted octanol–water partition coefficient (Wildman–Crippen LogP) is 4.99. The number of carbonyl (C=O) groups excluding carboxylic acids is 1. The van der Waals surface area contributed by atoms with E-state index >= 15 is 0 Å². The Morgan fingerprint density at radius 1 is 1.11 bits per heavy atom. The van der Waals surface area contributed by atoms with Crippen molar-refractivity contribution < 1.29 is 17.6 Å². The van der Waals surface area contributed by atoms with Gasteiger partial charge in [-0.15, -0.1) is 0 Å². The van der Waals surface area contributed by atoms with E-state index in [1.165, 1.54) is 12.1 Å². The molecule has 1 amide bonds. The summed E-state index contributed by atoms with van der Waals surface area (Å²) in [5.41, 5.74) is 3.50. The summed E-state index contributed by atoms with van der Waals surface area (Å²) in [6.07, 6.45) is 0.448. The minimum Gasteiger partial charge on any atom is -0.365 e. The molecule has 2 aliphatic rings. The lowest BCUT2D eigenvalue weighted by Crippen LogP contribution is -2.69. The molecule has 3 aromatic carbocycles. The summed E-state index contributed by atoms with van der Waals surface area (Å²) in [4.78, 5) is 16.9. The van der Waals surface area contributed by atoms with Crippen LogP contribution in [-0.4, -0.2) is 32.5 Å². The van der Waals surface area contributed by atoms with Crippen molar-refractivity contribution >= 4 is 38.9 Å². The first-order valence-corrected chi connectivity index (χ1v) is 13.6. The van der Waals surface area contributed by atoms with E-state index in [0.717, 1.165) is 16.8 Å². The number of nitrogens with two attached hydrogens (primary N) is 1. The first-order chi connectivity index (χ1) is 16.9. The van der Waals surface area contributed by atoms with Crippen LogP contribution in [0.4, 0.5) is 15.8 Å². The standard InChI is InChI=1S/C27H27ClFN3O3S/c1-16-12-18-13-23(29)25(36(30,34)35)14-24(18)32(16)26(33)21-15-31(27(21,2)3)19-10-8-17(9-11-19)20-6-4-5-7-22(20)28/h4-11,13-14,16,21H,12,15H2,1-3H3,(H2,30,34,35)/t16-,21-/m0/s1. The third kappa shape index (κ3) is 3.97. The zero-order valence-electron chi connectivity index (χ0n) is 20.2. The summed E-state index contributed by atoms with van der Waals surface area (Å²) in [7, 11) is -4.26.